The Morgan fingerprint density at radius 2 is 1.73 bits per heavy atom. The van der Waals surface area contributed by atoms with Crippen molar-refractivity contribution >= 4 is 17.7 Å². The molecule has 3 heterocycles. The molecule has 1 amide bonds. The maximum atomic E-state index is 14.0. The molecule has 2 aromatic carbocycles. The molecule has 1 saturated heterocycles. The number of nitrogens with zero attached hydrogens (tertiary/aromatic N) is 4. The summed E-state index contributed by atoms with van der Waals surface area (Å²) in [6.07, 6.45) is 3.25. The molecule has 1 aromatic heterocycles. The number of rotatable bonds is 4. The molecule has 172 valence electrons. The Morgan fingerprint density at radius 3 is 2.39 bits per heavy atom. The van der Waals surface area contributed by atoms with Crippen molar-refractivity contribution in [2.75, 3.05) is 12.5 Å². The standard InChI is InChI=1S/C25H29N5O2S/c1-16-8-7-9-17(2)29(16)24(31)22-21(18-12-14-20(32-3)15-13-18)28-30-23(26-27-25(30)33-22)19-10-5-4-6-11-19/h4-6,10-17,21-22,28H,7-9H2,1-3H3. The monoisotopic (exact) mass is 463 g/mol. The molecule has 2 aliphatic heterocycles. The topological polar surface area (TPSA) is 72.3 Å². The number of carbonyl (C=O) groups is 1. The Kier molecular flexibility index (Phi) is 6.01. The zero-order chi connectivity index (χ0) is 22.9. The van der Waals surface area contributed by atoms with Crippen LogP contribution in [0.15, 0.2) is 59.8 Å². The van der Waals surface area contributed by atoms with Crippen LogP contribution in [0.25, 0.3) is 11.4 Å². The summed E-state index contributed by atoms with van der Waals surface area (Å²) in [5.74, 6) is 1.68. The van der Waals surface area contributed by atoms with Crippen molar-refractivity contribution < 1.29 is 9.53 Å². The minimum atomic E-state index is -0.346. The van der Waals surface area contributed by atoms with Gasteiger partial charge >= 0.3 is 0 Å². The minimum Gasteiger partial charge on any atom is -0.497 e. The van der Waals surface area contributed by atoms with E-state index in [1.54, 1.807) is 7.11 Å². The van der Waals surface area contributed by atoms with E-state index in [0.29, 0.717) is 5.16 Å². The van der Waals surface area contributed by atoms with Gasteiger partial charge in [-0.1, -0.05) is 54.2 Å². The SMILES string of the molecule is COc1ccc(C2Nn3c(nnc3-c3ccccc3)SC2C(=O)N2C(C)CCCC2C)cc1. The largest absolute Gasteiger partial charge is 0.497 e. The van der Waals surface area contributed by atoms with Crippen LogP contribution in [0.2, 0.25) is 0 Å². The normalized spacial score (nSPS) is 24.6. The fraction of sp³-hybridized carbons (Fsp3) is 0.400. The molecule has 0 saturated carbocycles. The first-order valence-electron chi connectivity index (χ1n) is 11.5. The summed E-state index contributed by atoms with van der Waals surface area (Å²) in [5.41, 5.74) is 5.58. The Labute approximate surface area is 198 Å². The highest BCUT2D eigenvalue weighted by Gasteiger charge is 2.42. The average molecular weight is 464 g/mol. The number of aromatic nitrogens is 3. The van der Waals surface area contributed by atoms with Crippen LogP contribution < -0.4 is 10.2 Å². The number of ether oxygens (including phenoxy) is 1. The van der Waals surface area contributed by atoms with Gasteiger partial charge in [0, 0.05) is 17.6 Å². The van der Waals surface area contributed by atoms with E-state index < -0.39 is 0 Å². The molecular formula is C25H29N5O2S. The lowest BCUT2D eigenvalue weighted by molar-refractivity contribution is -0.137. The molecule has 5 rings (SSSR count). The van der Waals surface area contributed by atoms with Gasteiger partial charge in [-0.15, -0.1) is 10.2 Å². The van der Waals surface area contributed by atoms with Crippen molar-refractivity contribution in [3.05, 3.63) is 60.2 Å². The van der Waals surface area contributed by atoms with Crippen LogP contribution in [-0.2, 0) is 4.79 Å². The van der Waals surface area contributed by atoms with Gasteiger partial charge in [-0.05, 0) is 50.8 Å². The second-order valence-corrected chi connectivity index (χ2v) is 9.91. The highest BCUT2D eigenvalue weighted by atomic mass is 32.2. The van der Waals surface area contributed by atoms with Crippen molar-refractivity contribution in [2.24, 2.45) is 0 Å². The summed E-state index contributed by atoms with van der Waals surface area (Å²) in [4.78, 5) is 16.0. The second-order valence-electron chi connectivity index (χ2n) is 8.80. The lowest BCUT2D eigenvalue weighted by atomic mass is 9.95. The molecule has 4 atom stereocenters. The second kappa shape index (κ2) is 9.09. The fourth-order valence-electron chi connectivity index (χ4n) is 4.88. The molecule has 3 aromatic rings. The number of hydrogen-bond acceptors (Lipinski definition) is 6. The molecule has 2 aliphatic rings. The van der Waals surface area contributed by atoms with E-state index in [1.165, 1.54) is 18.2 Å². The zero-order valence-corrected chi connectivity index (χ0v) is 20.0. The van der Waals surface area contributed by atoms with Gasteiger partial charge in [-0.2, -0.15) is 0 Å². The van der Waals surface area contributed by atoms with Crippen LogP contribution in [0.1, 0.15) is 44.7 Å². The van der Waals surface area contributed by atoms with E-state index in [2.05, 4.69) is 34.4 Å². The summed E-state index contributed by atoms with van der Waals surface area (Å²) in [7, 11) is 1.66. The number of nitrogens with one attached hydrogen (secondary N) is 1. The first-order chi connectivity index (χ1) is 16.1. The predicted octanol–water partition coefficient (Wildman–Crippen LogP) is 4.50. The number of likely N-dealkylation sites (tertiary alicyclic amines) is 1. The Hall–Kier alpha value is -3.00. The Morgan fingerprint density at radius 1 is 1.03 bits per heavy atom. The van der Waals surface area contributed by atoms with Crippen LogP contribution in [0.5, 0.6) is 5.75 Å². The first kappa shape index (κ1) is 21.8. The number of thioether (sulfide) groups is 1. The van der Waals surface area contributed by atoms with Crippen LogP contribution in [-0.4, -0.2) is 50.1 Å². The maximum absolute atomic E-state index is 14.0. The molecule has 0 bridgehead atoms. The molecule has 8 heteroatoms. The van der Waals surface area contributed by atoms with E-state index in [-0.39, 0.29) is 29.3 Å². The van der Waals surface area contributed by atoms with Crippen molar-refractivity contribution in [1.82, 2.24) is 19.8 Å². The van der Waals surface area contributed by atoms with Crippen molar-refractivity contribution in [2.45, 2.75) is 61.6 Å². The van der Waals surface area contributed by atoms with Gasteiger partial charge < -0.3 is 15.1 Å². The molecule has 0 spiro atoms. The number of methoxy groups -OCH3 is 1. The van der Waals surface area contributed by atoms with Crippen LogP contribution >= 0.6 is 11.8 Å². The minimum absolute atomic E-state index is 0.156. The fourth-order valence-corrected chi connectivity index (χ4v) is 6.02. The summed E-state index contributed by atoms with van der Waals surface area (Å²) in [6, 6.07) is 18.1. The lowest BCUT2D eigenvalue weighted by Gasteiger charge is -2.43. The van der Waals surface area contributed by atoms with Gasteiger partial charge in [0.2, 0.25) is 11.1 Å². The predicted molar refractivity (Wildman–Crippen MR) is 130 cm³/mol. The molecular weight excluding hydrogens is 434 g/mol. The average Bonchev–Trinajstić information content (AvgIpc) is 3.26. The summed E-state index contributed by atoms with van der Waals surface area (Å²) >= 11 is 1.50. The summed E-state index contributed by atoms with van der Waals surface area (Å²) in [5, 5.41) is 9.23. The third-order valence-electron chi connectivity index (χ3n) is 6.63. The molecule has 33 heavy (non-hydrogen) atoms. The molecule has 1 fully saturated rings. The highest BCUT2D eigenvalue weighted by molar-refractivity contribution is 8.00. The Balaban J connectivity index is 1.54. The van der Waals surface area contributed by atoms with E-state index >= 15 is 0 Å². The van der Waals surface area contributed by atoms with E-state index in [1.807, 2.05) is 59.3 Å². The van der Waals surface area contributed by atoms with Crippen molar-refractivity contribution in [1.29, 1.82) is 0 Å². The molecule has 0 aliphatic carbocycles. The van der Waals surface area contributed by atoms with Crippen LogP contribution in [0.3, 0.4) is 0 Å². The molecule has 1 N–H and O–H groups in total. The summed E-state index contributed by atoms with van der Waals surface area (Å²) < 4.78 is 7.27. The van der Waals surface area contributed by atoms with E-state index in [0.717, 1.165) is 35.5 Å². The number of amides is 1. The van der Waals surface area contributed by atoms with Gasteiger partial charge in [0.1, 0.15) is 11.0 Å². The van der Waals surface area contributed by atoms with Crippen LogP contribution in [0.4, 0.5) is 0 Å². The van der Waals surface area contributed by atoms with E-state index in [4.69, 9.17) is 4.74 Å². The van der Waals surface area contributed by atoms with Gasteiger partial charge in [0.05, 0.1) is 13.2 Å². The number of benzene rings is 2. The summed E-state index contributed by atoms with van der Waals surface area (Å²) in [6.45, 7) is 4.32. The van der Waals surface area contributed by atoms with E-state index in [9.17, 15) is 4.79 Å². The van der Waals surface area contributed by atoms with Crippen molar-refractivity contribution in [3.63, 3.8) is 0 Å². The molecule has 4 unspecified atom stereocenters. The van der Waals surface area contributed by atoms with Gasteiger partial charge in [0.15, 0.2) is 5.82 Å². The quantitative estimate of drug-likeness (QED) is 0.614. The lowest BCUT2D eigenvalue weighted by Crippen LogP contribution is -2.53. The smallest absolute Gasteiger partial charge is 0.239 e. The molecule has 0 radical (unpaired) electrons. The number of piperidine rings is 1. The third kappa shape index (κ3) is 4.08. The van der Waals surface area contributed by atoms with Crippen LogP contribution in [0, 0.1) is 0 Å². The van der Waals surface area contributed by atoms with Gasteiger partial charge in [-0.3, -0.25) is 4.79 Å². The number of carbonyl (C=O) groups excluding carboxylic acids is 1. The number of fused-ring (bicyclic) bond motifs is 1. The van der Waals surface area contributed by atoms with Gasteiger partial charge in [0.25, 0.3) is 0 Å². The first-order valence-corrected chi connectivity index (χ1v) is 12.3. The van der Waals surface area contributed by atoms with Crippen molar-refractivity contribution in [3.8, 4) is 17.1 Å². The zero-order valence-electron chi connectivity index (χ0n) is 19.1. The highest BCUT2D eigenvalue weighted by Crippen LogP contribution is 2.41. The maximum Gasteiger partial charge on any atom is 0.239 e. The Bertz CT molecular complexity index is 1110. The van der Waals surface area contributed by atoms with Gasteiger partial charge in [-0.25, -0.2) is 4.68 Å². The molecule has 7 nitrogen and oxygen atoms in total. The number of hydrogen-bond donors (Lipinski definition) is 1. The third-order valence-corrected chi connectivity index (χ3v) is 7.84.